The van der Waals surface area contributed by atoms with Gasteiger partial charge in [-0.05, 0) is 205 Å². The molecule has 7 nitrogen and oxygen atoms in total. The van der Waals surface area contributed by atoms with E-state index in [0.717, 1.165) is 88.5 Å². The Bertz CT molecular complexity index is 1940. The van der Waals surface area contributed by atoms with Gasteiger partial charge in [0.05, 0.1) is 62.2 Å². The Hall–Kier alpha value is -0.200. The van der Waals surface area contributed by atoms with Gasteiger partial charge in [0.25, 0.3) is 0 Å². The van der Waals surface area contributed by atoms with Crippen molar-refractivity contribution in [1.29, 1.82) is 0 Å². The maximum atomic E-state index is 9.80. The predicted molar refractivity (Wildman–Crippen MR) is 250 cm³/mol. The summed E-state index contributed by atoms with van der Waals surface area (Å²) in [6, 6.07) is 16.7. The zero-order chi connectivity index (χ0) is 41.1. The van der Waals surface area contributed by atoms with E-state index in [9.17, 15) is 5.11 Å². The summed E-state index contributed by atoms with van der Waals surface area (Å²) < 4.78 is 40.6. The van der Waals surface area contributed by atoms with Gasteiger partial charge in [-0.3, -0.25) is 0 Å². The maximum Gasteiger partial charge on any atom is 0.147 e. The van der Waals surface area contributed by atoms with Crippen molar-refractivity contribution in [2.45, 2.75) is 70.2 Å². The largest absolute Gasteiger partial charge is 0.494 e. The molecule has 0 spiro atoms. The van der Waals surface area contributed by atoms with Crippen LogP contribution in [0.25, 0.3) is 0 Å². The van der Waals surface area contributed by atoms with E-state index in [-0.39, 0.29) is 29.6 Å². The van der Waals surface area contributed by atoms with E-state index in [1.807, 2.05) is 6.92 Å². The number of rotatable bonds is 15. The number of hydrogen-bond donors (Lipinski definition) is 1. The summed E-state index contributed by atoms with van der Waals surface area (Å²) in [5, 5.41) is 9.80. The second-order valence-corrected chi connectivity index (χ2v) is 21.3. The van der Waals surface area contributed by atoms with E-state index in [1.165, 1.54) is 0 Å². The molecule has 56 heavy (non-hydrogen) atoms. The number of benzene rings is 4. The fourth-order valence-electron chi connectivity index (χ4n) is 5.60. The van der Waals surface area contributed by atoms with Crippen molar-refractivity contribution in [3.05, 3.63) is 107 Å². The first-order valence-electron chi connectivity index (χ1n) is 17.7. The number of aliphatic hydroxyl groups excluding tert-OH is 1. The highest BCUT2D eigenvalue weighted by molar-refractivity contribution is 9.12. The van der Waals surface area contributed by atoms with Crippen molar-refractivity contribution in [3.8, 4) is 23.0 Å². The minimum atomic E-state index is -0.484. The Balaban J connectivity index is 0.000000216. The van der Waals surface area contributed by atoms with Gasteiger partial charge in [-0.2, -0.15) is 0 Å². The summed E-state index contributed by atoms with van der Waals surface area (Å²) in [4.78, 5) is 0. The fraction of sp³-hybridized carbons (Fsp3) is 0.415. The van der Waals surface area contributed by atoms with Gasteiger partial charge in [-0.1, -0.05) is 34.6 Å². The molecule has 6 rings (SSSR count). The molecule has 15 heteroatoms. The molecule has 0 saturated carbocycles. The molecular weight excluding hydrogens is 1240 g/mol. The first-order chi connectivity index (χ1) is 26.4. The molecule has 3 atom stereocenters. The van der Waals surface area contributed by atoms with Crippen LogP contribution in [0.3, 0.4) is 0 Å². The van der Waals surface area contributed by atoms with Crippen molar-refractivity contribution < 1.29 is 33.5 Å². The van der Waals surface area contributed by atoms with Crippen molar-refractivity contribution in [2.75, 3.05) is 40.1 Å². The van der Waals surface area contributed by atoms with Crippen LogP contribution in [0.15, 0.2) is 84.3 Å². The third-order valence-corrected chi connectivity index (χ3v) is 14.3. The zero-order valence-electron chi connectivity index (χ0n) is 31.5. The molecule has 2 saturated heterocycles. The van der Waals surface area contributed by atoms with Crippen LogP contribution in [-0.4, -0.2) is 63.6 Å². The standard InChI is InChI=1S/C22H24Br4O4.C19H18Br4O3/c1-4-14(27)9-29-20-16(23)5-12(6-17(20)24)22(2,3)13-7-18(25)21(19(26)8-13)30-11-15-10-28-15;1-19(2,10-4-13(20)17(24-3)14(21)5-10)11-6-15(22)18(16(23)7-11)26-9-12-8-25-12/h5-8,14-15,27H,4,9-11H2,1-3H3;4-7,12H,8-9H2,1-3H3. The molecular formula is C41H42Br8O7. The summed E-state index contributed by atoms with van der Waals surface area (Å²) >= 11 is 29.1. The lowest BCUT2D eigenvalue weighted by Gasteiger charge is -2.28. The molecule has 2 fully saturated rings. The summed E-state index contributed by atoms with van der Waals surface area (Å²) in [6.07, 6.45) is 0.590. The normalized spacial score (nSPS) is 16.8. The summed E-state index contributed by atoms with van der Waals surface area (Å²) in [7, 11) is 1.66. The topological polar surface area (TPSA) is 82.2 Å². The van der Waals surface area contributed by atoms with Gasteiger partial charge >= 0.3 is 0 Å². The average Bonchev–Trinajstić information content (AvgIpc) is 4.07. The van der Waals surface area contributed by atoms with Crippen molar-refractivity contribution >= 4 is 127 Å². The second-order valence-electron chi connectivity index (χ2n) is 14.4. The number of hydrogen-bond acceptors (Lipinski definition) is 7. The second kappa shape index (κ2) is 20.1. The maximum absolute atomic E-state index is 9.80. The van der Waals surface area contributed by atoms with Gasteiger partial charge in [-0.25, -0.2) is 0 Å². The quantitative estimate of drug-likeness (QED) is 0.119. The fourth-order valence-corrected chi connectivity index (χ4v) is 11.4. The van der Waals surface area contributed by atoms with Crippen molar-refractivity contribution in [2.24, 2.45) is 0 Å². The number of ether oxygens (including phenoxy) is 6. The Kier molecular flexibility index (Phi) is 16.8. The SMILES string of the molecule is CCC(O)COc1c(Br)cc(C(C)(C)c2cc(Br)c(OCC3CO3)c(Br)c2)cc1Br.COc1c(Br)cc(C(C)(C)c2cc(Br)c(OCC3CO3)c(Br)c2)cc1Br. The summed E-state index contributed by atoms with van der Waals surface area (Å²) in [5.74, 6) is 3.07. The van der Waals surface area contributed by atoms with E-state index in [4.69, 9.17) is 28.4 Å². The smallest absolute Gasteiger partial charge is 0.147 e. The molecule has 2 aliphatic heterocycles. The highest BCUT2D eigenvalue weighted by Gasteiger charge is 2.30. The lowest BCUT2D eigenvalue weighted by atomic mass is 9.78. The highest BCUT2D eigenvalue weighted by atomic mass is 79.9. The van der Waals surface area contributed by atoms with E-state index < -0.39 is 6.10 Å². The number of methoxy groups -OCH3 is 1. The van der Waals surface area contributed by atoms with Gasteiger partial charge < -0.3 is 33.5 Å². The van der Waals surface area contributed by atoms with E-state index >= 15 is 0 Å². The third-order valence-electron chi connectivity index (χ3n) is 9.61. The van der Waals surface area contributed by atoms with Crippen molar-refractivity contribution in [1.82, 2.24) is 0 Å². The van der Waals surface area contributed by atoms with Gasteiger partial charge in [0.15, 0.2) is 0 Å². The Morgan fingerprint density at radius 1 is 0.554 bits per heavy atom. The predicted octanol–water partition coefficient (Wildman–Crippen LogP) is 13.8. The molecule has 4 aromatic carbocycles. The van der Waals surface area contributed by atoms with Gasteiger partial charge in [0, 0.05) is 10.8 Å². The monoisotopic (exact) mass is 1280 g/mol. The molecule has 0 aromatic heterocycles. The Labute approximate surface area is 396 Å². The Morgan fingerprint density at radius 2 is 0.821 bits per heavy atom. The molecule has 0 aliphatic carbocycles. The first-order valence-corrected chi connectivity index (χ1v) is 24.0. The van der Waals surface area contributed by atoms with Crippen LogP contribution in [0, 0.1) is 0 Å². The minimum absolute atomic E-state index is 0.203. The number of halogens is 8. The average molecular weight is 1290 g/mol. The van der Waals surface area contributed by atoms with E-state index in [2.05, 4.69) is 204 Å². The van der Waals surface area contributed by atoms with E-state index in [0.29, 0.717) is 25.4 Å². The minimum Gasteiger partial charge on any atom is -0.494 e. The molecule has 0 amide bonds. The first kappa shape index (κ1) is 46.9. The molecule has 1 N–H and O–H groups in total. The highest BCUT2D eigenvalue weighted by Crippen LogP contribution is 2.46. The van der Waals surface area contributed by atoms with Crippen LogP contribution in [0.2, 0.25) is 0 Å². The van der Waals surface area contributed by atoms with Gasteiger partial charge in [0.1, 0.15) is 55.0 Å². The van der Waals surface area contributed by atoms with Crippen LogP contribution >= 0.6 is 127 Å². The molecule has 2 aliphatic rings. The molecule has 3 unspecified atom stereocenters. The molecule has 0 bridgehead atoms. The van der Waals surface area contributed by atoms with Crippen LogP contribution in [0.1, 0.15) is 63.3 Å². The van der Waals surface area contributed by atoms with Gasteiger partial charge in [0.2, 0.25) is 0 Å². The molecule has 4 aromatic rings. The van der Waals surface area contributed by atoms with Crippen LogP contribution in [0.4, 0.5) is 0 Å². The lowest BCUT2D eigenvalue weighted by molar-refractivity contribution is 0.103. The van der Waals surface area contributed by atoms with Crippen LogP contribution in [0.5, 0.6) is 23.0 Å². The summed E-state index contributed by atoms with van der Waals surface area (Å²) in [5.41, 5.74) is 4.07. The number of aliphatic hydroxyl groups is 1. The molecule has 2 heterocycles. The zero-order valence-corrected chi connectivity index (χ0v) is 44.2. The molecule has 304 valence electrons. The Morgan fingerprint density at radius 3 is 1.07 bits per heavy atom. The van der Waals surface area contributed by atoms with Crippen molar-refractivity contribution in [3.63, 3.8) is 0 Å². The lowest BCUT2D eigenvalue weighted by Crippen LogP contribution is -2.20. The van der Waals surface area contributed by atoms with E-state index in [1.54, 1.807) is 7.11 Å². The number of epoxide rings is 2. The third kappa shape index (κ3) is 11.8. The van der Waals surface area contributed by atoms with Crippen LogP contribution < -0.4 is 18.9 Å². The summed E-state index contributed by atoms with van der Waals surface area (Å²) in [6.45, 7) is 13.6. The van der Waals surface area contributed by atoms with Crippen LogP contribution in [-0.2, 0) is 20.3 Å². The molecule has 0 radical (unpaired) electrons. The van der Waals surface area contributed by atoms with Gasteiger partial charge in [-0.15, -0.1) is 0 Å².